The summed E-state index contributed by atoms with van der Waals surface area (Å²) >= 11 is 6.24. The summed E-state index contributed by atoms with van der Waals surface area (Å²) in [6.07, 6.45) is 3.60. The summed E-state index contributed by atoms with van der Waals surface area (Å²) in [5.74, 6) is 0. The van der Waals surface area contributed by atoms with Crippen LogP contribution in [0.15, 0.2) is 18.2 Å². The molecular formula is C13H20ClN. The molecule has 0 saturated carbocycles. The van der Waals surface area contributed by atoms with Gasteiger partial charge in [-0.05, 0) is 37.6 Å². The molecule has 0 spiro atoms. The van der Waals surface area contributed by atoms with Crippen LogP contribution in [0, 0.1) is 6.92 Å². The summed E-state index contributed by atoms with van der Waals surface area (Å²) in [6, 6.07) is 6.68. The first kappa shape index (κ1) is 12.5. The van der Waals surface area contributed by atoms with Crippen molar-refractivity contribution < 1.29 is 0 Å². The Hall–Kier alpha value is -0.530. The Balaban J connectivity index is 2.81. The van der Waals surface area contributed by atoms with E-state index >= 15 is 0 Å². The molecule has 0 aliphatic carbocycles. The second-order valence-corrected chi connectivity index (χ2v) is 4.42. The van der Waals surface area contributed by atoms with Gasteiger partial charge >= 0.3 is 0 Å². The van der Waals surface area contributed by atoms with Crippen LogP contribution >= 0.6 is 11.6 Å². The summed E-state index contributed by atoms with van der Waals surface area (Å²) in [5.41, 5.74) is 2.44. The van der Waals surface area contributed by atoms with Gasteiger partial charge in [0.15, 0.2) is 0 Å². The molecule has 1 unspecified atom stereocenters. The minimum atomic E-state index is 0.387. The van der Waals surface area contributed by atoms with Crippen molar-refractivity contribution in [1.82, 2.24) is 5.32 Å². The van der Waals surface area contributed by atoms with E-state index in [4.69, 9.17) is 11.6 Å². The van der Waals surface area contributed by atoms with Gasteiger partial charge < -0.3 is 5.32 Å². The van der Waals surface area contributed by atoms with E-state index in [9.17, 15) is 0 Å². The molecule has 1 N–H and O–H groups in total. The van der Waals surface area contributed by atoms with Crippen molar-refractivity contribution >= 4 is 11.6 Å². The molecule has 0 radical (unpaired) electrons. The van der Waals surface area contributed by atoms with Gasteiger partial charge in [0.1, 0.15) is 0 Å². The highest BCUT2D eigenvalue weighted by atomic mass is 35.5. The molecule has 0 amide bonds. The molecule has 0 aliphatic heterocycles. The number of halogens is 1. The fourth-order valence-electron chi connectivity index (χ4n) is 1.78. The number of benzene rings is 1. The first-order chi connectivity index (χ1) is 7.19. The maximum absolute atomic E-state index is 6.24. The van der Waals surface area contributed by atoms with Crippen molar-refractivity contribution in [1.29, 1.82) is 0 Å². The van der Waals surface area contributed by atoms with E-state index in [1.54, 1.807) is 0 Å². The average Bonchev–Trinajstić information content (AvgIpc) is 2.21. The number of hydrogen-bond donors (Lipinski definition) is 1. The quantitative estimate of drug-likeness (QED) is 0.796. The van der Waals surface area contributed by atoms with Crippen LogP contribution in [-0.2, 0) is 0 Å². The lowest BCUT2D eigenvalue weighted by Gasteiger charge is -2.18. The van der Waals surface area contributed by atoms with Gasteiger partial charge in [-0.25, -0.2) is 0 Å². The van der Waals surface area contributed by atoms with Crippen LogP contribution in [0.25, 0.3) is 0 Å². The van der Waals surface area contributed by atoms with E-state index in [1.165, 1.54) is 24.0 Å². The van der Waals surface area contributed by atoms with Gasteiger partial charge in [-0.2, -0.15) is 0 Å². The lowest BCUT2D eigenvalue weighted by Crippen LogP contribution is -2.16. The zero-order valence-electron chi connectivity index (χ0n) is 9.81. The number of aryl methyl sites for hydroxylation is 1. The van der Waals surface area contributed by atoms with Gasteiger partial charge in [-0.15, -0.1) is 0 Å². The minimum Gasteiger partial charge on any atom is -0.313 e. The molecule has 0 fully saturated rings. The summed E-state index contributed by atoms with van der Waals surface area (Å²) in [5, 5.41) is 4.21. The monoisotopic (exact) mass is 225 g/mol. The van der Waals surface area contributed by atoms with Crippen molar-refractivity contribution in [2.75, 3.05) is 7.05 Å². The minimum absolute atomic E-state index is 0.387. The third kappa shape index (κ3) is 3.51. The molecule has 0 saturated heterocycles. The molecule has 1 atom stereocenters. The molecule has 1 aromatic rings. The van der Waals surface area contributed by atoms with Crippen LogP contribution in [0.3, 0.4) is 0 Å². The molecule has 0 heterocycles. The van der Waals surface area contributed by atoms with Crippen LogP contribution in [0.5, 0.6) is 0 Å². The lowest BCUT2D eigenvalue weighted by molar-refractivity contribution is 0.523. The van der Waals surface area contributed by atoms with Gasteiger partial charge in [0, 0.05) is 11.1 Å². The number of nitrogens with one attached hydrogen (secondary N) is 1. The topological polar surface area (TPSA) is 12.0 Å². The maximum atomic E-state index is 6.24. The van der Waals surface area contributed by atoms with Crippen molar-refractivity contribution in [2.24, 2.45) is 0 Å². The molecular weight excluding hydrogens is 206 g/mol. The molecule has 2 heteroatoms. The van der Waals surface area contributed by atoms with E-state index in [2.05, 4.69) is 31.3 Å². The zero-order chi connectivity index (χ0) is 11.3. The number of unbranched alkanes of at least 4 members (excludes halogenated alkanes) is 1. The van der Waals surface area contributed by atoms with Crippen molar-refractivity contribution in [3.05, 3.63) is 34.3 Å². The summed E-state index contributed by atoms with van der Waals surface area (Å²) in [4.78, 5) is 0. The second kappa shape index (κ2) is 6.14. The highest BCUT2D eigenvalue weighted by Gasteiger charge is 2.11. The Bertz CT molecular complexity index is 309. The van der Waals surface area contributed by atoms with Gasteiger partial charge in [-0.1, -0.05) is 43.5 Å². The standard InChI is InChI=1S/C13H20ClN/c1-4-5-6-13(15-3)11-8-7-10(2)9-12(11)14/h7-9,13,15H,4-6H2,1-3H3. The lowest BCUT2D eigenvalue weighted by atomic mass is 10.0. The van der Waals surface area contributed by atoms with Gasteiger partial charge in [0.2, 0.25) is 0 Å². The van der Waals surface area contributed by atoms with E-state index in [0.717, 1.165) is 11.4 Å². The molecule has 15 heavy (non-hydrogen) atoms. The zero-order valence-corrected chi connectivity index (χ0v) is 10.6. The third-order valence-electron chi connectivity index (χ3n) is 2.73. The Morgan fingerprint density at radius 3 is 2.67 bits per heavy atom. The molecule has 1 aromatic carbocycles. The Morgan fingerprint density at radius 2 is 2.13 bits per heavy atom. The molecule has 0 aromatic heterocycles. The molecule has 0 aliphatic rings. The Morgan fingerprint density at radius 1 is 1.40 bits per heavy atom. The SMILES string of the molecule is CCCCC(NC)c1ccc(C)cc1Cl. The van der Waals surface area contributed by atoms with Crippen LogP contribution in [0.2, 0.25) is 5.02 Å². The highest BCUT2D eigenvalue weighted by Crippen LogP contribution is 2.27. The predicted molar refractivity (Wildman–Crippen MR) is 67.5 cm³/mol. The fourth-order valence-corrected chi connectivity index (χ4v) is 2.15. The van der Waals surface area contributed by atoms with Gasteiger partial charge in [-0.3, -0.25) is 0 Å². The van der Waals surface area contributed by atoms with Gasteiger partial charge in [0.05, 0.1) is 0 Å². The summed E-state index contributed by atoms with van der Waals surface area (Å²) < 4.78 is 0. The van der Waals surface area contributed by atoms with Gasteiger partial charge in [0.25, 0.3) is 0 Å². The van der Waals surface area contributed by atoms with E-state index in [0.29, 0.717) is 6.04 Å². The Kier molecular flexibility index (Phi) is 5.13. The molecule has 0 bridgehead atoms. The summed E-state index contributed by atoms with van der Waals surface area (Å²) in [7, 11) is 2.00. The van der Waals surface area contributed by atoms with E-state index in [-0.39, 0.29) is 0 Å². The van der Waals surface area contributed by atoms with Crippen LogP contribution in [0.1, 0.15) is 43.4 Å². The molecule has 84 valence electrons. The number of hydrogen-bond acceptors (Lipinski definition) is 1. The fraction of sp³-hybridized carbons (Fsp3) is 0.538. The largest absolute Gasteiger partial charge is 0.313 e. The van der Waals surface area contributed by atoms with Crippen LogP contribution in [0.4, 0.5) is 0 Å². The first-order valence-electron chi connectivity index (χ1n) is 5.62. The van der Waals surface area contributed by atoms with E-state index in [1.807, 2.05) is 13.1 Å². The van der Waals surface area contributed by atoms with Crippen LogP contribution < -0.4 is 5.32 Å². The Labute approximate surface area is 97.8 Å². The van der Waals surface area contributed by atoms with Crippen molar-refractivity contribution in [3.8, 4) is 0 Å². The molecule has 1 nitrogen and oxygen atoms in total. The number of rotatable bonds is 5. The van der Waals surface area contributed by atoms with Crippen molar-refractivity contribution in [2.45, 2.75) is 39.2 Å². The van der Waals surface area contributed by atoms with Crippen LogP contribution in [-0.4, -0.2) is 7.05 Å². The smallest absolute Gasteiger partial charge is 0.0456 e. The van der Waals surface area contributed by atoms with E-state index < -0.39 is 0 Å². The molecule has 1 rings (SSSR count). The third-order valence-corrected chi connectivity index (χ3v) is 3.05. The average molecular weight is 226 g/mol. The van der Waals surface area contributed by atoms with Crippen molar-refractivity contribution in [3.63, 3.8) is 0 Å². The maximum Gasteiger partial charge on any atom is 0.0456 e. The second-order valence-electron chi connectivity index (χ2n) is 4.01. The highest BCUT2D eigenvalue weighted by molar-refractivity contribution is 6.31. The predicted octanol–water partition coefficient (Wildman–Crippen LogP) is 4.10. The normalized spacial score (nSPS) is 12.8. The first-order valence-corrected chi connectivity index (χ1v) is 6.00. The summed E-state index contributed by atoms with van der Waals surface area (Å²) in [6.45, 7) is 4.28.